The molecule has 0 aromatic carbocycles. The van der Waals surface area contributed by atoms with Crippen molar-refractivity contribution in [2.45, 2.75) is 57.1 Å². The van der Waals surface area contributed by atoms with Gasteiger partial charge in [0.1, 0.15) is 5.54 Å². The average molecular weight is 323 g/mol. The normalized spacial score (nSPS) is 20.7. The summed E-state index contributed by atoms with van der Waals surface area (Å²) in [6.45, 7) is 1.23. The summed E-state index contributed by atoms with van der Waals surface area (Å²) in [6, 6.07) is 1.85. The molecule has 120 valence electrons. The van der Waals surface area contributed by atoms with Crippen molar-refractivity contribution in [1.29, 1.82) is 0 Å². The Balaban J connectivity index is 1.78. The van der Waals surface area contributed by atoms with Crippen LogP contribution in [0.4, 0.5) is 0 Å². The van der Waals surface area contributed by atoms with E-state index in [1.54, 1.807) is 0 Å². The lowest BCUT2D eigenvalue weighted by molar-refractivity contribution is -0.145. The van der Waals surface area contributed by atoms with Crippen LogP contribution in [0.15, 0.2) is 6.07 Å². The van der Waals surface area contributed by atoms with Gasteiger partial charge in [-0.2, -0.15) is 0 Å². The third-order valence-corrected chi connectivity index (χ3v) is 5.81. The SMILES string of the molecule is O=C(NC1(C(=O)O)CCCCCC1)c1cc2c(s1)CCOC2. The van der Waals surface area contributed by atoms with Crippen LogP contribution in [0.1, 0.15) is 58.6 Å². The van der Waals surface area contributed by atoms with Crippen LogP contribution in [0.5, 0.6) is 0 Å². The topological polar surface area (TPSA) is 75.6 Å². The number of carboxylic acids is 1. The second kappa shape index (κ2) is 6.38. The van der Waals surface area contributed by atoms with Gasteiger partial charge in [0.25, 0.3) is 5.91 Å². The molecular formula is C16H21NO4S. The number of hydrogen-bond donors (Lipinski definition) is 2. The highest BCUT2D eigenvalue weighted by atomic mass is 32.1. The number of nitrogens with one attached hydrogen (secondary N) is 1. The van der Waals surface area contributed by atoms with Crippen LogP contribution in [0.3, 0.4) is 0 Å². The van der Waals surface area contributed by atoms with Gasteiger partial charge in [-0.05, 0) is 24.5 Å². The van der Waals surface area contributed by atoms with Crippen LogP contribution in [0.2, 0.25) is 0 Å². The van der Waals surface area contributed by atoms with Crippen molar-refractivity contribution < 1.29 is 19.4 Å². The zero-order chi connectivity index (χ0) is 15.6. The van der Waals surface area contributed by atoms with E-state index < -0.39 is 11.5 Å². The Morgan fingerprint density at radius 2 is 1.95 bits per heavy atom. The quantitative estimate of drug-likeness (QED) is 0.839. The molecule has 0 unspecified atom stereocenters. The monoisotopic (exact) mass is 323 g/mol. The van der Waals surface area contributed by atoms with Crippen molar-refractivity contribution in [2.24, 2.45) is 0 Å². The van der Waals surface area contributed by atoms with Gasteiger partial charge < -0.3 is 15.2 Å². The molecule has 2 N–H and O–H groups in total. The van der Waals surface area contributed by atoms with E-state index in [4.69, 9.17) is 4.74 Å². The van der Waals surface area contributed by atoms with Crippen LogP contribution in [-0.4, -0.2) is 29.1 Å². The van der Waals surface area contributed by atoms with Crippen LogP contribution in [0.25, 0.3) is 0 Å². The lowest BCUT2D eigenvalue weighted by atomic mass is 9.90. The molecule has 5 nitrogen and oxygen atoms in total. The maximum atomic E-state index is 12.5. The summed E-state index contributed by atoms with van der Waals surface area (Å²) in [5.41, 5.74) is -0.0409. The number of thiophene rings is 1. The Morgan fingerprint density at radius 3 is 2.59 bits per heavy atom. The van der Waals surface area contributed by atoms with E-state index in [-0.39, 0.29) is 5.91 Å². The van der Waals surface area contributed by atoms with Gasteiger partial charge in [-0.15, -0.1) is 11.3 Å². The van der Waals surface area contributed by atoms with Crippen LogP contribution < -0.4 is 5.32 Å². The zero-order valence-electron chi connectivity index (χ0n) is 12.5. The number of aliphatic carboxylic acids is 1. The molecule has 1 aliphatic heterocycles. The lowest BCUT2D eigenvalue weighted by Crippen LogP contribution is -2.54. The standard InChI is InChI=1S/C16H21NO4S/c18-14(13-9-11-10-21-8-5-12(11)22-13)17-16(15(19)20)6-3-1-2-4-7-16/h9H,1-8,10H2,(H,17,18)(H,19,20). The summed E-state index contributed by atoms with van der Waals surface area (Å²) in [7, 11) is 0. The van der Waals surface area contributed by atoms with Gasteiger partial charge in [-0.3, -0.25) is 4.79 Å². The van der Waals surface area contributed by atoms with E-state index in [1.807, 2.05) is 6.07 Å². The number of carbonyl (C=O) groups is 2. The molecule has 1 fully saturated rings. The molecule has 0 atom stereocenters. The molecule has 22 heavy (non-hydrogen) atoms. The third kappa shape index (κ3) is 3.03. The minimum absolute atomic E-state index is 0.260. The minimum Gasteiger partial charge on any atom is -0.480 e. The molecule has 0 bridgehead atoms. The van der Waals surface area contributed by atoms with Crippen molar-refractivity contribution in [3.05, 3.63) is 21.4 Å². The Kier molecular flexibility index (Phi) is 4.49. The fraction of sp³-hybridized carbons (Fsp3) is 0.625. The molecule has 1 aromatic rings. The molecule has 1 saturated carbocycles. The Bertz CT molecular complexity index is 549. The van der Waals surface area contributed by atoms with Gasteiger partial charge in [0.2, 0.25) is 0 Å². The van der Waals surface area contributed by atoms with Crippen LogP contribution in [0, 0.1) is 0 Å². The summed E-state index contributed by atoms with van der Waals surface area (Å²) in [5.74, 6) is -1.17. The van der Waals surface area contributed by atoms with Gasteiger partial charge in [0.05, 0.1) is 18.1 Å². The van der Waals surface area contributed by atoms with E-state index in [0.717, 1.165) is 37.7 Å². The minimum atomic E-state index is -1.10. The summed E-state index contributed by atoms with van der Waals surface area (Å²) in [5, 5.41) is 12.5. The van der Waals surface area contributed by atoms with Crippen molar-refractivity contribution in [3.63, 3.8) is 0 Å². The first-order valence-corrected chi connectivity index (χ1v) is 8.68. The average Bonchev–Trinajstić information content (AvgIpc) is 2.80. The van der Waals surface area contributed by atoms with Crippen molar-refractivity contribution >= 4 is 23.2 Å². The zero-order valence-corrected chi connectivity index (χ0v) is 13.3. The lowest BCUT2D eigenvalue weighted by Gasteiger charge is -2.29. The highest BCUT2D eigenvalue weighted by Gasteiger charge is 2.40. The summed E-state index contributed by atoms with van der Waals surface area (Å²) >= 11 is 1.46. The Morgan fingerprint density at radius 1 is 1.23 bits per heavy atom. The molecule has 1 aromatic heterocycles. The van der Waals surface area contributed by atoms with Gasteiger partial charge in [0, 0.05) is 11.3 Å². The highest BCUT2D eigenvalue weighted by molar-refractivity contribution is 7.14. The Labute approximate surface area is 133 Å². The summed E-state index contributed by atoms with van der Waals surface area (Å²) in [4.78, 5) is 26.1. The Hall–Kier alpha value is -1.40. The molecule has 0 radical (unpaired) electrons. The molecule has 6 heteroatoms. The smallest absolute Gasteiger partial charge is 0.329 e. The predicted molar refractivity (Wildman–Crippen MR) is 83.2 cm³/mol. The highest BCUT2D eigenvalue weighted by Crippen LogP contribution is 2.30. The molecule has 0 spiro atoms. The summed E-state index contributed by atoms with van der Waals surface area (Å²) in [6.07, 6.45) is 5.63. The number of amides is 1. The molecule has 1 amide bonds. The second-order valence-electron chi connectivity index (χ2n) is 6.12. The van der Waals surface area contributed by atoms with E-state index in [9.17, 15) is 14.7 Å². The maximum Gasteiger partial charge on any atom is 0.329 e. The molecular weight excluding hydrogens is 302 g/mol. The number of rotatable bonds is 3. The molecule has 2 heterocycles. The molecule has 0 saturated heterocycles. The number of hydrogen-bond acceptors (Lipinski definition) is 4. The first-order chi connectivity index (χ1) is 10.6. The van der Waals surface area contributed by atoms with E-state index in [0.29, 0.717) is 30.9 Å². The third-order valence-electron chi connectivity index (χ3n) is 4.57. The molecule has 1 aliphatic carbocycles. The van der Waals surface area contributed by atoms with Crippen molar-refractivity contribution in [1.82, 2.24) is 5.32 Å². The van der Waals surface area contributed by atoms with Crippen LogP contribution in [-0.2, 0) is 22.6 Å². The number of ether oxygens (including phenoxy) is 1. The van der Waals surface area contributed by atoms with E-state index in [1.165, 1.54) is 16.2 Å². The largest absolute Gasteiger partial charge is 0.480 e. The van der Waals surface area contributed by atoms with E-state index in [2.05, 4.69) is 5.32 Å². The van der Waals surface area contributed by atoms with E-state index >= 15 is 0 Å². The first-order valence-electron chi connectivity index (χ1n) is 7.86. The number of fused-ring (bicyclic) bond motifs is 1. The number of carboxylic acid groups (broad SMARTS) is 1. The van der Waals surface area contributed by atoms with Crippen molar-refractivity contribution in [2.75, 3.05) is 6.61 Å². The van der Waals surface area contributed by atoms with Gasteiger partial charge in [-0.25, -0.2) is 4.79 Å². The second-order valence-corrected chi connectivity index (χ2v) is 7.25. The molecule has 3 rings (SSSR count). The molecule has 2 aliphatic rings. The predicted octanol–water partition coefficient (Wildman–Crippen LogP) is 2.73. The van der Waals surface area contributed by atoms with Crippen LogP contribution >= 0.6 is 11.3 Å². The number of carbonyl (C=O) groups excluding carboxylic acids is 1. The van der Waals surface area contributed by atoms with Gasteiger partial charge in [-0.1, -0.05) is 25.7 Å². The first kappa shape index (κ1) is 15.5. The summed E-state index contributed by atoms with van der Waals surface area (Å²) < 4.78 is 5.39. The fourth-order valence-electron chi connectivity index (χ4n) is 3.26. The van der Waals surface area contributed by atoms with Crippen molar-refractivity contribution in [3.8, 4) is 0 Å². The van der Waals surface area contributed by atoms with Gasteiger partial charge >= 0.3 is 5.97 Å². The van der Waals surface area contributed by atoms with Gasteiger partial charge in [0.15, 0.2) is 0 Å². The maximum absolute atomic E-state index is 12.5. The fourth-order valence-corrected chi connectivity index (χ4v) is 4.31.